The molecule has 2 aromatic rings. The Morgan fingerprint density at radius 3 is 2.75 bits per heavy atom. The summed E-state index contributed by atoms with van der Waals surface area (Å²) >= 11 is 5.88. The number of rotatable bonds is 3. The highest BCUT2D eigenvalue weighted by molar-refractivity contribution is 6.32. The lowest BCUT2D eigenvalue weighted by atomic mass is 10.2. The molecule has 0 aliphatic carbocycles. The Hall–Kier alpha value is -2.07. The second-order valence-electron chi connectivity index (χ2n) is 4.46. The van der Waals surface area contributed by atoms with Gasteiger partial charge in [-0.2, -0.15) is 0 Å². The van der Waals surface area contributed by atoms with Crippen LogP contribution in [-0.2, 0) is 6.54 Å². The number of aromatic hydroxyl groups is 1. The van der Waals surface area contributed by atoms with Crippen LogP contribution in [-0.4, -0.2) is 18.3 Å². The van der Waals surface area contributed by atoms with Gasteiger partial charge in [0, 0.05) is 23.9 Å². The monoisotopic (exact) mass is 291 g/mol. The van der Waals surface area contributed by atoms with Crippen LogP contribution in [0.5, 0.6) is 17.2 Å². The quantitative estimate of drug-likeness (QED) is 0.910. The molecule has 5 heteroatoms. The number of hydrogen-bond donors (Lipinski definition) is 2. The molecule has 0 amide bonds. The van der Waals surface area contributed by atoms with Crippen LogP contribution in [0.4, 0.5) is 5.69 Å². The summed E-state index contributed by atoms with van der Waals surface area (Å²) in [6, 6.07) is 11.0. The number of nitrogens with one attached hydrogen (secondary N) is 1. The molecule has 0 saturated carbocycles. The molecule has 0 atom stereocenters. The summed E-state index contributed by atoms with van der Waals surface area (Å²) in [6.45, 7) is 1.62. The summed E-state index contributed by atoms with van der Waals surface area (Å²) in [7, 11) is 0. The van der Waals surface area contributed by atoms with Gasteiger partial charge in [0.05, 0.1) is 5.02 Å². The van der Waals surface area contributed by atoms with E-state index in [0.29, 0.717) is 24.8 Å². The number of hydrogen-bond acceptors (Lipinski definition) is 4. The summed E-state index contributed by atoms with van der Waals surface area (Å²) < 4.78 is 11.0. The molecule has 3 rings (SSSR count). The molecule has 0 radical (unpaired) electrons. The predicted octanol–water partition coefficient (Wildman–Crippen LogP) is 3.43. The Bertz CT molecular complexity index is 631. The third kappa shape index (κ3) is 2.60. The van der Waals surface area contributed by atoms with E-state index in [-0.39, 0.29) is 5.75 Å². The first kappa shape index (κ1) is 12.9. The molecule has 4 nitrogen and oxygen atoms in total. The van der Waals surface area contributed by atoms with Crippen molar-refractivity contribution in [3.05, 3.63) is 47.0 Å². The van der Waals surface area contributed by atoms with Gasteiger partial charge in [0.25, 0.3) is 0 Å². The van der Waals surface area contributed by atoms with E-state index < -0.39 is 0 Å². The topological polar surface area (TPSA) is 50.7 Å². The fraction of sp³-hybridized carbons (Fsp3) is 0.200. The number of benzene rings is 2. The van der Waals surface area contributed by atoms with Crippen molar-refractivity contribution in [1.82, 2.24) is 0 Å². The number of ether oxygens (including phenoxy) is 2. The summed E-state index contributed by atoms with van der Waals surface area (Å²) in [6.07, 6.45) is 0. The number of para-hydroxylation sites is 1. The number of halogens is 1. The van der Waals surface area contributed by atoms with E-state index in [1.54, 1.807) is 6.07 Å². The number of phenolic OH excluding ortho intramolecular Hbond substituents is 1. The first-order valence-electron chi connectivity index (χ1n) is 6.34. The Balaban J connectivity index is 1.73. The molecular formula is C15H14ClNO3. The van der Waals surface area contributed by atoms with E-state index in [1.807, 2.05) is 30.3 Å². The first-order chi connectivity index (χ1) is 9.74. The van der Waals surface area contributed by atoms with Gasteiger partial charge in [0.2, 0.25) is 0 Å². The second kappa shape index (κ2) is 5.51. The van der Waals surface area contributed by atoms with Gasteiger partial charge in [-0.15, -0.1) is 0 Å². The van der Waals surface area contributed by atoms with Crippen LogP contribution >= 0.6 is 11.6 Å². The molecule has 104 valence electrons. The van der Waals surface area contributed by atoms with E-state index in [1.165, 1.54) is 0 Å². The molecule has 1 aliphatic heterocycles. The zero-order valence-corrected chi connectivity index (χ0v) is 11.5. The highest BCUT2D eigenvalue weighted by Gasteiger charge is 2.12. The lowest BCUT2D eigenvalue weighted by Gasteiger charge is -2.19. The van der Waals surface area contributed by atoms with Crippen molar-refractivity contribution in [1.29, 1.82) is 0 Å². The second-order valence-corrected chi connectivity index (χ2v) is 4.87. The summed E-state index contributed by atoms with van der Waals surface area (Å²) in [5.41, 5.74) is 1.64. The van der Waals surface area contributed by atoms with Gasteiger partial charge in [0.15, 0.2) is 11.5 Å². The number of fused-ring (bicyclic) bond motifs is 1. The van der Waals surface area contributed by atoms with Crippen molar-refractivity contribution >= 4 is 17.3 Å². The van der Waals surface area contributed by atoms with Crippen molar-refractivity contribution in [3.63, 3.8) is 0 Å². The van der Waals surface area contributed by atoms with Gasteiger partial charge < -0.3 is 19.9 Å². The van der Waals surface area contributed by atoms with E-state index >= 15 is 0 Å². The molecule has 0 spiro atoms. The highest BCUT2D eigenvalue weighted by atomic mass is 35.5. The maximum atomic E-state index is 9.85. The van der Waals surface area contributed by atoms with Gasteiger partial charge in [-0.25, -0.2) is 0 Å². The molecule has 0 bridgehead atoms. The average Bonchev–Trinajstić information content (AvgIpc) is 2.48. The fourth-order valence-corrected chi connectivity index (χ4v) is 2.25. The zero-order chi connectivity index (χ0) is 13.9. The molecule has 1 heterocycles. The van der Waals surface area contributed by atoms with E-state index in [9.17, 15) is 5.11 Å². The van der Waals surface area contributed by atoms with E-state index in [4.69, 9.17) is 21.1 Å². The fourth-order valence-electron chi connectivity index (χ4n) is 2.05. The standard InChI is InChI=1S/C15H14ClNO3/c16-12-3-1-2-10(15(12)18)9-17-11-4-5-13-14(8-11)20-7-6-19-13/h1-5,8,17-18H,6-7,9H2. The van der Waals surface area contributed by atoms with Crippen LogP contribution in [0.25, 0.3) is 0 Å². The Kier molecular flexibility index (Phi) is 3.56. The zero-order valence-electron chi connectivity index (χ0n) is 10.7. The van der Waals surface area contributed by atoms with Gasteiger partial charge in [-0.05, 0) is 18.2 Å². The maximum absolute atomic E-state index is 9.85. The lowest BCUT2D eigenvalue weighted by molar-refractivity contribution is 0.171. The number of anilines is 1. The van der Waals surface area contributed by atoms with Crippen LogP contribution in [0.2, 0.25) is 5.02 Å². The largest absolute Gasteiger partial charge is 0.506 e. The van der Waals surface area contributed by atoms with Gasteiger partial charge in [-0.3, -0.25) is 0 Å². The van der Waals surface area contributed by atoms with Crippen LogP contribution in [0.15, 0.2) is 36.4 Å². The molecule has 0 unspecified atom stereocenters. The van der Waals surface area contributed by atoms with Crippen molar-refractivity contribution in [3.8, 4) is 17.2 Å². The Morgan fingerprint density at radius 1 is 1.10 bits per heavy atom. The average molecular weight is 292 g/mol. The lowest BCUT2D eigenvalue weighted by Crippen LogP contribution is -2.15. The summed E-state index contributed by atoms with van der Waals surface area (Å²) in [5, 5.41) is 13.4. The molecular weight excluding hydrogens is 278 g/mol. The molecule has 0 aromatic heterocycles. The molecule has 2 aromatic carbocycles. The number of phenols is 1. The summed E-state index contributed by atoms with van der Waals surface area (Å²) in [4.78, 5) is 0. The van der Waals surface area contributed by atoms with Gasteiger partial charge in [0.1, 0.15) is 19.0 Å². The van der Waals surface area contributed by atoms with Gasteiger partial charge >= 0.3 is 0 Å². The van der Waals surface area contributed by atoms with Crippen molar-refractivity contribution in [2.75, 3.05) is 18.5 Å². The molecule has 0 saturated heterocycles. The maximum Gasteiger partial charge on any atom is 0.163 e. The van der Waals surface area contributed by atoms with Crippen LogP contribution < -0.4 is 14.8 Å². The summed E-state index contributed by atoms with van der Waals surface area (Å²) in [5.74, 6) is 1.60. The normalized spacial score (nSPS) is 13.1. The third-order valence-electron chi connectivity index (χ3n) is 3.10. The van der Waals surface area contributed by atoms with Crippen LogP contribution in [0.3, 0.4) is 0 Å². The molecule has 2 N–H and O–H groups in total. The van der Waals surface area contributed by atoms with Crippen LogP contribution in [0, 0.1) is 0 Å². The van der Waals surface area contributed by atoms with Crippen molar-refractivity contribution in [2.24, 2.45) is 0 Å². The Morgan fingerprint density at radius 2 is 1.90 bits per heavy atom. The van der Waals surface area contributed by atoms with Crippen molar-refractivity contribution < 1.29 is 14.6 Å². The molecule has 20 heavy (non-hydrogen) atoms. The minimum Gasteiger partial charge on any atom is -0.506 e. The van der Waals surface area contributed by atoms with Crippen molar-refractivity contribution in [2.45, 2.75) is 6.54 Å². The highest BCUT2D eigenvalue weighted by Crippen LogP contribution is 2.33. The van der Waals surface area contributed by atoms with Gasteiger partial charge in [-0.1, -0.05) is 23.7 Å². The first-order valence-corrected chi connectivity index (χ1v) is 6.72. The smallest absolute Gasteiger partial charge is 0.163 e. The van der Waals surface area contributed by atoms with E-state index in [0.717, 1.165) is 22.7 Å². The SMILES string of the molecule is Oc1c(Cl)cccc1CNc1ccc2c(c1)OCCO2. The minimum atomic E-state index is 0.110. The third-order valence-corrected chi connectivity index (χ3v) is 3.40. The minimum absolute atomic E-state index is 0.110. The molecule has 1 aliphatic rings. The Labute approximate surface area is 121 Å². The van der Waals surface area contributed by atoms with E-state index in [2.05, 4.69) is 5.32 Å². The predicted molar refractivity (Wildman–Crippen MR) is 77.9 cm³/mol. The molecule has 0 fully saturated rings. The van der Waals surface area contributed by atoms with Crippen LogP contribution in [0.1, 0.15) is 5.56 Å².